The summed E-state index contributed by atoms with van der Waals surface area (Å²) in [4.78, 5) is 0. The summed E-state index contributed by atoms with van der Waals surface area (Å²) in [6.07, 6.45) is 0. The molecule has 0 aromatic heterocycles. The van der Waals surface area contributed by atoms with Crippen molar-refractivity contribution in [3.63, 3.8) is 0 Å². The molecule has 108 valence electrons. The maximum atomic E-state index is 13.5. The molecule has 0 saturated carbocycles. The maximum absolute atomic E-state index is 13.5. The minimum absolute atomic E-state index is 0.218. The van der Waals surface area contributed by atoms with Crippen molar-refractivity contribution in [2.45, 2.75) is 20.5 Å². The minimum Gasteiger partial charge on any atom is -0.489 e. The van der Waals surface area contributed by atoms with E-state index in [1.807, 2.05) is 6.07 Å². The van der Waals surface area contributed by atoms with Gasteiger partial charge in [-0.15, -0.1) is 11.6 Å². The van der Waals surface area contributed by atoms with E-state index in [1.165, 1.54) is 23.3 Å². The first-order valence-corrected chi connectivity index (χ1v) is 7.16. The second kappa shape index (κ2) is 7.15. The summed E-state index contributed by atoms with van der Waals surface area (Å²) < 4.78 is 19.2. The van der Waals surface area contributed by atoms with E-state index in [0.29, 0.717) is 17.9 Å². The first-order chi connectivity index (χ1) is 10.1. The fourth-order valence-electron chi connectivity index (χ4n) is 1.91. The highest BCUT2D eigenvalue weighted by Crippen LogP contribution is 2.18. The zero-order chi connectivity index (χ0) is 15.2. The van der Waals surface area contributed by atoms with E-state index in [0.717, 1.165) is 5.56 Å². The Balaban J connectivity index is 2.12. The van der Waals surface area contributed by atoms with Crippen LogP contribution in [0.25, 0.3) is 0 Å². The van der Waals surface area contributed by atoms with Crippen LogP contribution in [0.4, 0.5) is 4.39 Å². The summed E-state index contributed by atoms with van der Waals surface area (Å²) in [6, 6.07) is 10.6. The van der Waals surface area contributed by atoms with Crippen molar-refractivity contribution in [1.82, 2.24) is 0 Å². The Hall–Kier alpha value is -1.98. The molecule has 0 aliphatic heterocycles. The lowest BCUT2D eigenvalue weighted by Crippen LogP contribution is -1.97. The zero-order valence-electron chi connectivity index (χ0n) is 12.0. The molecule has 0 radical (unpaired) electrons. The summed E-state index contributed by atoms with van der Waals surface area (Å²) in [5, 5.41) is 0. The summed E-state index contributed by atoms with van der Waals surface area (Å²) >= 11 is 5.50. The minimum atomic E-state index is -0.369. The van der Waals surface area contributed by atoms with Gasteiger partial charge >= 0.3 is 0 Å². The molecule has 2 aromatic carbocycles. The SMILES string of the molecule is Cc1ccc(COc2cc(F)cc(C#CCCl)c2)cc1C. The Morgan fingerprint density at radius 3 is 2.62 bits per heavy atom. The van der Waals surface area contributed by atoms with Gasteiger partial charge in [0.05, 0.1) is 5.88 Å². The number of ether oxygens (including phenoxy) is 1. The highest BCUT2D eigenvalue weighted by Gasteiger charge is 2.02. The summed E-state index contributed by atoms with van der Waals surface area (Å²) in [7, 11) is 0. The first kappa shape index (κ1) is 15.4. The van der Waals surface area contributed by atoms with E-state index >= 15 is 0 Å². The smallest absolute Gasteiger partial charge is 0.128 e. The standard InChI is InChI=1S/C18H16ClFO/c1-13-5-6-16(8-14(13)2)12-21-18-10-15(4-3-7-19)9-17(20)11-18/h5-6,8-11H,7,12H2,1-2H3. The maximum Gasteiger partial charge on any atom is 0.128 e. The van der Waals surface area contributed by atoms with Crippen LogP contribution in [-0.4, -0.2) is 5.88 Å². The Labute approximate surface area is 129 Å². The van der Waals surface area contributed by atoms with E-state index in [2.05, 4.69) is 37.8 Å². The van der Waals surface area contributed by atoms with Crippen LogP contribution < -0.4 is 4.74 Å². The molecular formula is C18H16ClFO. The third kappa shape index (κ3) is 4.51. The summed E-state index contributed by atoms with van der Waals surface area (Å²) in [5.41, 5.74) is 4.06. The molecule has 0 spiro atoms. The van der Waals surface area contributed by atoms with Crippen LogP contribution >= 0.6 is 11.6 Å². The van der Waals surface area contributed by atoms with Crippen molar-refractivity contribution in [1.29, 1.82) is 0 Å². The van der Waals surface area contributed by atoms with Crippen molar-refractivity contribution >= 4 is 11.6 Å². The number of hydrogen-bond acceptors (Lipinski definition) is 1. The number of aryl methyl sites for hydroxylation is 2. The molecule has 0 atom stereocenters. The molecule has 0 unspecified atom stereocenters. The number of benzene rings is 2. The predicted molar refractivity (Wildman–Crippen MR) is 84.2 cm³/mol. The first-order valence-electron chi connectivity index (χ1n) is 6.63. The molecule has 0 saturated heterocycles. The Morgan fingerprint density at radius 2 is 1.90 bits per heavy atom. The molecule has 3 heteroatoms. The molecular weight excluding hydrogens is 287 g/mol. The van der Waals surface area contributed by atoms with Gasteiger partial charge in [0.15, 0.2) is 0 Å². The molecule has 0 fully saturated rings. The van der Waals surface area contributed by atoms with E-state index in [9.17, 15) is 4.39 Å². The van der Waals surface area contributed by atoms with E-state index in [-0.39, 0.29) is 11.7 Å². The van der Waals surface area contributed by atoms with Crippen molar-refractivity contribution in [3.8, 4) is 17.6 Å². The van der Waals surface area contributed by atoms with Gasteiger partial charge in [0.2, 0.25) is 0 Å². The largest absolute Gasteiger partial charge is 0.489 e. The van der Waals surface area contributed by atoms with Gasteiger partial charge in [-0.25, -0.2) is 4.39 Å². The molecule has 2 aromatic rings. The Bertz CT molecular complexity index is 698. The lowest BCUT2D eigenvalue weighted by Gasteiger charge is -2.09. The van der Waals surface area contributed by atoms with Crippen LogP contribution in [0.1, 0.15) is 22.3 Å². The quantitative estimate of drug-likeness (QED) is 0.594. The average Bonchev–Trinajstić information content (AvgIpc) is 2.46. The third-order valence-corrected chi connectivity index (χ3v) is 3.28. The van der Waals surface area contributed by atoms with Crippen LogP contribution in [-0.2, 0) is 6.61 Å². The molecule has 0 heterocycles. The van der Waals surface area contributed by atoms with Gasteiger partial charge in [-0.3, -0.25) is 0 Å². The lowest BCUT2D eigenvalue weighted by molar-refractivity contribution is 0.304. The molecule has 0 amide bonds. The summed E-state index contributed by atoms with van der Waals surface area (Å²) in [6.45, 7) is 4.52. The van der Waals surface area contributed by atoms with Crippen molar-refractivity contribution in [2.24, 2.45) is 0 Å². The molecule has 1 nitrogen and oxygen atoms in total. The van der Waals surface area contributed by atoms with Gasteiger partial charge in [0.25, 0.3) is 0 Å². The third-order valence-electron chi connectivity index (χ3n) is 3.15. The van der Waals surface area contributed by atoms with Gasteiger partial charge in [-0.2, -0.15) is 0 Å². The molecule has 0 aliphatic carbocycles. The molecule has 0 aliphatic rings. The Morgan fingerprint density at radius 1 is 1.10 bits per heavy atom. The number of hydrogen-bond donors (Lipinski definition) is 0. The van der Waals surface area contributed by atoms with Gasteiger partial charge in [0, 0.05) is 11.6 Å². The molecule has 0 bridgehead atoms. The van der Waals surface area contributed by atoms with E-state index < -0.39 is 0 Å². The second-order valence-electron chi connectivity index (χ2n) is 4.82. The number of rotatable bonds is 3. The fraction of sp³-hybridized carbons (Fsp3) is 0.222. The second-order valence-corrected chi connectivity index (χ2v) is 5.09. The van der Waals surface area contributed by atoms with Crippen LogP contribution in [0.2, 0.25) is 0 Å². The van der Waals surface area contributed by atoms with Crippen LogP contribution in [0.3, 0.4) is 0 Å². The van der Waals surface area contributed by atoms with E-state index in [1.54, 1.807) is 6.07 Å². The van der Waals surface area contributed by atoms with Crippen LogP contribution in [0.5, 0.6) is 5.75 Å². The molecule has 21 heavy (non-hydrogen) atoms. The van der Waals surface area contributed by atoms with Crippen molar-refractivity contribution in [3.05, 3.63) is 64.5 Å². The van der Waals surface area contributed by atoms with Gasteiger partial charge in [-0.1, -0.05) is 30.0 Å². The lowest BCUT2D eigenvalue weighted by atomic mass is 10.1. The normalized spacial score (nSPS) is 9.90. The Kier molecular flexibility index (Phi) is 5.25. The average molecular weight is 303 g/mol. The summed E-state index contributed by atoms with van der Waals surface area (Å²) in [5.74, 6) is 5.80. The van der Waals surface area contributed by atoms with Gasteiger partial charge in [0.1, 0.15) is 18.2 Å². The number of halogens is 2. The molecule has 2 rings (SSSR count). The van der Waals surface area contributed by atoms with Gasteiger partial charge < -0.3 is 4.74 Å². The number of alkyl halides is 1. The van der Waals surface area contributed by atoms with Crippen LogP contribution in [0, 0.1) is 31.5 Å². The highest BCUT2D eigenvalue weighted by molar-refractivity contribution is 6.19. The highest BCUT2D eigenvalue weighted by atomic mass is 35.5. The topological polar surface area (TPSA) is 9.23 Å². The van der Waals surface area contributed by atoms with Crippen molar-refractivity contribution < 1.29 is 9.13 Å². The van der Waals surface area contributed by atoms with Crippen molar-refractivity contribution in [2.75, 3.05) is 5.88 Å². The molecule has 0 N–H and O–H groups in total. The van der Waals surface area contributed by atoms with Gasteiger partial charge in [-0.05, 0) is 42.7 Å². The predicted octanol–water partition coefficient (Wildman–Crippen LogP) is 4.61. The van der Waals surface area contributed by atoms with E-state index in [4.69, 9.17) is 16.3 Å². The van der Waals surface area contributed by atoms with Crippen LogP contribution in [0.15, 0.2) is 36.4 Å². The monoisotopic (exact) mass is 302 g/mol. The zero-order valence-corrected chi connectivity index (χ0v) is 12.8. The fourth-order valence-corrected chi connectivity index (χ4v) is 1.98.